The van der Waals surface area contributed by atoms with E-state index in [1.807, 2.05) is 28.9 Å². The molecule has 172 valence electrons. The molecule has 7 heteroatoms. The Balaban J connectivity index is 0.00000306. The lowest BCUT2D eigenvalue weighted by atomic mass is 9.91. The number of rotatable bonds is 6. The number of halogens is 1. The highest BCUT2D eigenvalue weighted by Crippen LogP contribution is 2.31. The van der Waals surface area contributed by atoms with Crippen LogP contribution < -0.4 is 10.6 Å². The van der Waals surface area contributed by atoms with E-state index < -0.39 is 0 Å². The van der Waals surface area contributed by atoms with Gasteiger partial charge in [0.1, 0.15) is 0 Å². The summed E-state index contributed by atoms with van der Waals surface area (Å²) in [4.78, 5) is 13.2. The highest BCUT2D eigenvalue weighted by molar-refractivity contribution is 6.05. The van der Waals surface area contributed by atoms with Crippen molar-refractivity contribution in [2.45, 2.75) is 44.9 Å². The first-order valence-corrected chi connectivity index (χ1v) is 11.2. The average molecular weight is 464 g/mol. The molecule has 2 aromatic carbocycles. The van der Waals surface area contributed by atoms with E-state index >= 15 is 0 Å². The molecule has 0 saturated carbocycles. The molecule has 2 heterocycles. The topological polar surface area (TPSA) is 82.7 Å². The zero-order valence-corrected chi connectivity index (χ0v) is 19.9. The number of anilines is 1. The van der Waals surface area contributed by atoms with Crippen molar-refractivity contribution in [3.63, 3.8) is 0 Å². The largest absolute Gasteiger partial charge is 0.322 e. The maximum Gasteiger partial charge on any atom is 0.259 e. The smallest absolute Gasteiger partial charge is 0.259 e. The normalized spacial score (nSPS) is 13.9. The van der Waals surface area contributed by atoms with Gasteiger partial charge in [-0.3, -0.25) is 4.79 Å². The number of carbonyl (C=O) groups is 1. The lowest BCUT2D eigenvalue weighted by molar-refractivity contribution is 0.102. The molecule has 0 radical (unpaired) electrons. The first-order valence-electron chi connectivity index (χ1n) is 11.2. The summed E-state index contributed by atoms with van der Waals surface area (Å²) in [6.45, 7) is 6.23. The molecule has 0 bridgehead atoms. The second-order valence-electron chi connectivity index (χ2n) is 8.61. The van der Waals surface area contributed by atoms with Crippen LogP contribution in [0, 0.1) is 11.3 Å². The Bertz CT molecular complexity index is 1110. The van der Waals surface area contributed by atoms with Crippen LogP contribution in [-0.2, 0) is 6.42 Å². The summed E-state index contributed by atoms with van der Waals surface area (Å²) < 4.78 is 1.94. The Morgan fingerprint density at radius 2 is 1.82 bits per heavy atom. The Labute approximate surface area is 201 Å². The van der Waals surface area contributed by atoms with E-state index in [0.29, 0.717) is 23.6 Å². The van der Waals surface area contributed by atoms with Gasteiger partial charge in [-0.25, -0.2) is 4.68 Å². The molecular formula is C26H30ClN5O. The number of nitrogens with zero attached hydrogens (tertiary/aromatic N) is 3. The highest BCUT2D eigenvalue weighted by atomic mass is 35.5. The minimum Gasteiger partial charge on any atom is -0.322 e. The van der Waals surface area contributed by atoms with Crippen molar-refractivity contribution in [2.75, 3.05) is 18.4 Å². The first-order chi connectivity index (χ1) is 15.6. The molecule has 33 heavy (non-hydrogen) atoms. The molecule has 1 aliphatic heterocycles. The maximum atomic E-state index is 13.2. The number of hydrogen-bond donors (Lipinski definition) is 2. The second kappa shape index (κ2) is 11.1. The van der Waals surface area contributed by atoms with E-state index in [0.717, 1.165) is 42.9 Å². The number of piperidine rings is 1. The minimum absolute atomic E-state index is 0. The molecule has 4 rings (SSSR count). The van der Waals surface area contributed by atoms with Crippen molar-refractivity contribution in [2.24, 2.45) is 0 Å². The van der Waals surface area contributed by atoms with Gasteiger partial charge in [-0.15, -0.1) is 12.4 Å². The van der Waals surface area contributed by atoms with Crippen LogP contribution >= 0.6 is 12.4 Å². The molecule has 3 aromatic rings. The SMILES string of the molecule is CC(C)c1ccc(-n2ncc(C(=O)Nc3ccc(CC#N)cc3)c2C2CCNCC2)cc1.Cl. The predicted molar refractivity (Wildman–Crippen MR) is 133 cm³/mol. The Hall–Kier alpha value is -3.14. The number of amides is 1. The summed E-state index contributed by atoms with van der Waals surface area (Å²) in [5.74, 6) is 0.574. The van der Waals surface area contributed by atoms with Crippen molar-refractivity contribution in [3.05, 3.63) is 77.1 Å². The van der Waals surface area contributed by atoms with Gasteiger partial charge in [0.05, 0.1) is 35.6 Å². The summed E-state index contributed by atoms with van der Waals surface area (Å²) >= 11 is 0. The van der Waals surface area contributed by atoms with E-state index in [-0.39, 0.29) is 24.2 Å². The summed E-state index contributed by atoms with van der Waals surface area (Å²) in [5, 5.41) is 19.9. The molecule has 1 amide bonds. The number of nitrogens with one attached hydrogen (secondary N) is 2. The van der Waals surface area contributed by atoms with Gasteiger partial charge in [0.2, 0.25) is 0 Å². The molecule has 1 aromatic heterocycles. The standard InChI is InChI=1S/C26H29N5O.ClH/c1-18(2)20-5-9-23(10-6-20)31-25(21-12-15-28-16-13-21)24(17-29-31)26(32)30-22-7-3-19(4-8-22)11-14-27;/h3-10,17-18,21,28H,11-13,15-16H2,1-2H3,(H,30,32);1H. The summed E-state index contributed by atoms with van der Waals surface area (Å²) in [6, 6.07) is 18.0. The van der Waals surface area contributed by atoms with Crippen molar-refractivity contribution >= 4 is 24.0 Å². The van der Waals surface area contributed by atoms with Gasteiger partial charge in [0, 0.05) is 11.6 Å². The maximum absolute atomic E-state index is 13.2. The summed E-state index contributed by atoms with van der Waals surface area (Å²) in [7, 11) is 0. The number of hydrogen-bond acceptors (Lipinski definition) is 4. The van der Waals surface area contributed by atoms with Gasteiger partial charge in [0.25, 0.3) is 5.91 Å². The Kier molecular flexibility index (Phi) is 8.26. The van der Waals surface area contributed by atoms with E-state index in [1.165, 1.54) is 5.56 Å². The molecule has 6 nitrogen and oxygen atoms in total. The van der Waals surface area contributed by atoms with Crippen molar-refractivity contribution < 1.29 is 4.79 Å². The number of benzene rings is 2. The van der Waals surface area contributed by atoms with Gasteiger partial charge >= 0.3 is 0 Å². The average Bonchev–Trinajstić information content (AvgIpc) is 3.26. The van der Waals surface area contributed by atoms with Crippen LogP contribution in [0.5, 0.6) is 0 Å². The minimum atomic E-state index is -0.156. The number of carbonyl (C=O) groups excluding carboxylic acids is 1. The fraction of sp³-hybridized carbons (Fsp3) is 0.346. The summed E-state index contributed by atoms with van der Waals surface area (Å²) in [6.07, 6.45) is 3.99. The predicted octanol–water partition coefficient (Wildman–Crippen LogP) is 5.20. The van der Waals surface area contributed by atoms with Gasteiger partial charge in [0.15, 0.2) is 0 Å². The molecule has 1 aliphatic rings. The van der Waals surface area contributed by atoms with Crippen molar-refractivity contribution in [1.29, 1.82) is 5.26 Å². The third-order valence-corrected chi connectivity index (χ3v) is 6.08. The van der Waals surface area contributed by atoms with E-state index in [4.69, 9.17) is 5.26 Å². The summed E-state index contributed by atoms with van der Waals surface area (Å²) in [5.41, 5.74) is 5.49. The van der Waals surface area contributed by atoms with Crippen LogP contribution in [0.3, 0.4) is 0 Å². The molecule has 1 saturated heterocycles. The number of aromatic nitrogens is 2. The molecule has 0 aliphatic carbocycles. The van der Waals surface area contributed by atoms with E-state index in [9.17, 15) is 4.79 Å². The molecule has 2 N–H and O–H groups in total. The molecule has 0 atom stereocenters. The van der Waals surface area contributed by atoms with Crippen LogP contribution in [0.15, 0.2) is 54.7 Å². The monoisotopic (exact) mass is 463 g/mol. The third-order valence-electron chi connectivity index (χ3n) is 6.08. The van der Waals surface area contributed by atoms with E-state index in [1.54, 1.807) is 6.20 Å². The van der Waals surface area contributed by atoms with Crippen LogP contribution in [0.1, 0.15) is 65.7 Å². The Morgan fingerprint density at radius 3 is 2.42 bits per heavy atom. The zero-order chi connectivity index (χ0) is 22.5. The van der Waals surface area contributed by atoms with Crippen molar-refractivity contribution in [3.8, 4) is 11.8 Å². The van der Waals surface area contributed by atoms with Crippen molar-refractivity contribution in [1.82, 2.24) is 15.1 Å². The zero-order valence-electron chi connectivity index (χ0n) is 19.0. The van der Waals surface area contributed by atoms with Gasteiger partial charge < -0.3 is 10.6 Å². The second-order valence-corrected chi connectivity index (χ2v) is 8.61. The lowest BCUT2D eigenvalue weighted by Gasteiger charge is -2.25. The van der Waals surface area contributed by atoms with Gasteiger partial charge in [-0.05, 0) is 67.2 Å². The quantitative estimate of drug-likeness (QED) is 0.526. The van der Waals surface area contributed by atoms with Crippen LogP contribution in [0.2, 0.25) is 0 Å². The number of nitriles is 1. The van der Waals surface area contributed by atoms with E-state index in [2.05, 4.69) is 59.9 Å². The van der Waals surface area contributed by atoms with Crippen LogP contribution in [0.25, 0.3) is 5.69 Å². The molecule has 0 unspecified atom stereocenters. The lowest BCUT2D eigenvalue weighted by Crippen LogP contribution is -2.29. The first kappa shape index (κ1) is 24.5. The fourth-order valence-corrected chi connectivity index (χ4v) is 4.22. The highest BCUT2D eigenvalue weighted by Gasteiger charge is 2.27. The fourth-order valence-electron chi connectivity index (χ4n) is 4.22. The third kappa shape index (κ3) is 5.62. The van der Waals surface area contributed by atoms with Gasteiger partial charge in [-0.2, -0.15) is 10.4 Å². The molecule has 1 fully saturated rings. The Morgan fingerprint density at radius 1 is 1.15 bits per heavy atom. The van der Waals surface area contributed by atoms with Crippen LogP contribution in [0.4, 0.5) is 5.69 Å². The van der Waals surface area contributed by atoms with Gasteiger partial charge in [-0.1, -0.05) is 38.1 Å². The molecular weight excluding hydrogens is 434 g/mol. The molecule has 0 spiro atoms. The van der Waals surface area contributed by atoms with Crippen LogP contribution in [-0.4, -0.2) is 28.8 Å².